The standard InChI is InChI=1S/C16H20BrN/c1-10-6-11(2)15-12(9-17)8-14(16(3,4)5)18-13(15)7-10/h6-8H,9H2,1-5H3. The van der Waals surface area contributed by atoms with Gasteiger partial charge in [0.15, 0.2) is 0 Å². The summed E-state index contributed by atoms with van der Waals surface area (Å²) in [6.07, 6.45) is 0. The molecule has 2 heteroatoms. The average Bonchev–Trinajstić information content (AvgIpc) is 2.25. The lowest BCUT2D eigenvalue weighted by Crippen LogP contribution is -2.14. The van der Waals surface area contributed by atoms with E-state index in [2.05, 4.69) is 68.7 Å². The van der Waals surface area contributed by atoms with Crippen LogP contribution in [-0.2, 0) is 10.7 Å². The lowest BCUT2D eigenvalue weighted by molar-refractivity contribution is 0.571. The first kappa shape index (κ1) is 13.5. The molecule has 1 aromatic heterocycles. The quantitative estimate of drug-likeness (QED) is 0.672. The van der Waals surface area contributed by atoms with E-state index in [4.69, 9.17) is 4.98 Å². The van der Waals surface area contributed by atoms with Gasteiger partial charge >= 0.3 is 0 Å². The van der Waals surface area contributed by atoms with E-state index in [-0.39, 0.29) is 5.41 Å². The molecule has 0 aliphatic rings. The van der Waals surface area contributed by atoms with Crippen molar-refractivity contribution in [2.75, 3.05) is 0 Å². The number of benzene rings is 1. The molecule has 0 N–H and O–H groups in total. The van der Waals surface area contributed by atoms with Crippen LogP contribution in [0, 0.1) is 13.8 Å². The van der Waals surface area contributed by atoms with Crippen LogP contribution in [0.5, 0.6) is 0 Å². The Morgan fingerprint density at radius 3 is 2.33 bits per heavy atom. The van der Waals surface area contributed by atoms with Gasteiger partial charge in [0.1, 0.15) is 0 Å². The van der Waals surface area contributed by atoms with Gasteiger partial charge in [0, 0.05) is 21.8 Å². The van der Waals surface area contributed by atoms with Crippen LogP contribution in [0.2, 0.25) is 0 Å². The van der Waals surface area contributed by atoms with E-state index in [9.17, 15) is 0 Å². The van der Waals surface area contributed by atoms with Gasteiger partial charge in [0.2, 0.25) is 0 Å². The molecule has 0 amide bonds. The average molecular weight is 306 g/mol. The van der Waals surface area contributed by atoms with Crippen LogP contribution >= 0.6 is 15.9 Å². The van der Waals surface area contributed by atoms with Crippen molar-refractivity contribution in [2.45, 2.75) is 45.4 Å². The van der Waals surface area contributed by atoms with Crippen LogP contribution in [0.15, 0.2) is 18.2 Å². The zero-order chi connectivity index (χ0) is 13.5. The Balaban J connectivity index is 2.84. The second-order valence-electron chi connectivity index (χ2n) is 6.03. The number of hydrogen-bond donors (Lipinski definition) is 0. The van der Waals surface area contributed by atoms with Crippen LogP contribution in [0.4, 0.5) is 0 Å². The molecule has 0 aliphatic carbocycles. The van der Waals surface area contributed by atoms with Gasteiger partial charge in [-0.2, -0.15) is 0 Å². The number of pyridine rings is 1. The lowest BCUT2D eigenvalue weighted by Gasteiger charge is -2.20. The molecule has 0 atom stereocenters. The highest BCUT2D eigenvalue weighted by molar-refractivity contribution is 9.08. The summed E-state index contributed by atoms with van der Waals surface area (Å²) < 4.78 is 0. The summed E-state index contributed by atoms with van der Waals surface area (Å²) in [5.74, 6) is 0. The third-order valence-corrected chi connectivity index (χ3v) is 3.85. The zero-order valence-corrected chi connectivity index (χ0v) is 13.4. The number of hydrogen-bond acceptors (Lipinski definition) is 1. The summed E-state index contributed by atoms with van der Waals surface area (Å²) in [5, 5.41) is 2.17. The molecule has 0 fully saturated rings. The number of fused-ring (bicyclic) bond motifs is 1. The minimum atomic E-state index is 0.0861. The van der Waals surface area contributed by atoms with Crippen molar-refractivity contribution >= 4 is 26.8 Å². The highest BCUT2D eigenvalue weighted by Gasteiger charge is 2.18. The molecule has 0 bridgehead atoms. The number of halogens is 1. The highest BCUT2D eigenvalue weighted by atomic mass is 79.9. The Labute approximate surface area is 118 Å². The number of nitrogens with zero attached hydrogens (tertiary/aromatic N) is 1. The second-order valence-corrected chi connectivity index (χ2v) is 6.59. The normalized spacial score (nSPS) is 12.1. The number of alkyl halides is 1. The molecule has 2 aromatic rings. The van der Waals surface area contributed by atoms with Gasteiger partial charge in [-0.3, -0.25) is 4.98 Å². The molecule has 0 saturated heterocycles. The third-order valence-electron chi connectivity index (χ3n) is 3.24. The Morgan fingerprint density at radius 1 is 1.11 bits per heavy atom. The van der Waals surface area contributed by atoms with Gasteiger partial charge in [0.25, 0.3) is 0 Å². The van der Waals surface area contributed by atoms with E-state index >= 15 is 0 Å². The van der Waals surface area contributed by atoms with Crippen molar-refractivity contribution in [3.8, 4) is 0 Å². The molecule has 0 saturated carbocycles. The summed E-state index contributed by atoms with van der Waals surface area (Å²) in [6, 6.07) is 6.65. The van der Waals surface area contributed by atoms with Gasteiger partial charge in [-0.15, -0.1) is 0 Å². The van der Waals surface area contributed by atoms with Gasteiger partial charge in [-0.1, -0.05) is 42.8 Å². The molecule has 2 rings (SSSR count). The maximum absolute atomic E-state index is 4.86. The fourth-order valence-electron chi connectivity index (χ4n) is 2.34. The number of aryl methyl sites for hydroxylation is 2. The van der Waals surface area contributed by atoms with Crippen LogP contribution in [0.25, 0.3) is 10.9 Å². The van der Waals surface area contributed by atoms with Gasteiger partial charge < -0.3 is 0 Å². The first-order chi connectivity index (χ1) is 8.32. The van der Waals surface area contributed by atoms with Crippen molar-refractivity contribution in [3.05, 3.63) is 40.6 Å². The van der Waals surface area contributed by atoms with Crippen molar-refractivity contribution in [1.82, 2.24) is 4.98 Å². The third kappa shape index (κ3) is 2.44. The lowest BCUT2D eigenvalue weighted by atomic mass is 9.89. The Bertz CT molecular complexity index is 594. The molecule has 0 unspecified atom stereocenters. The fourth-order valence-corrected chi connectivity index (χ4v) is 2.78. The smallest absolute Gasteiger partial charge is 0.0713 e. The van der Waals surface area contributed by atoms with Crippen LogP contribution in [0.3, 0.4) is 0 Å². The second kappa shape index (κ2) is 4.65. The first-order valence-corrected chi connectivity index (χ1v) is 7.42. The number of rotatable bonds is 1. The summed E-state index contributed by atoms with van der Waals surface area (Å²) in [7, 11) is 0. The monoisotopic (exact) mass is 305 g/mol. The fraction of sp³-hybridized carbons (Fsp3) is 0.438. The molecule has 18 heavy (non-hydrogen) atoms. The molecule has 1 nitrogen and oxygen atoms in total. The van der Waals surface area contributed by atoms with Crippen molar-refractivity contribution in [3.63, 3.8) is 0 Å². The molecular formula is C16H20BrN. The van der Waals surface area contributed by atoms with E-state index in [1.165, 1.54) is 22.1 Å². The molecule has 0 spiro atoms. The van der Waals surface area contributed by atoms with Crippen LogP contribution in [0.1, 0.15) is 43.2 Å². The first-order valence-electron chi connectivity index (χ1n) is 6.30. The topological polar surface area (TPSA) is 12.9 Å². The summed E-state index contributed by atoms with van der Waals surface area (Å²) in [5.41, 5.74) is 6.29. The molecule has 0 aliphatic heterocycles. The Kier molecular flexibility index (Phi) is 3.50. The highest BCUT2D eigenvalue weighted by Crippen LogP contribution is 2.29. The van der Waals surface area contributed by atoms with E-state index in [0.717, 1.165) is 16.5 Å². The summed E-state index contributed by atoms with van der Waals surface area (Å²) >= 11 is 3.60. The minimum absolute atomic E-state index is 0.0861. The summed E-state index contributed by atoms with van der Waals surface area (Å²) in [6.45, 7) is 10.9. The van der Waals surface area contributed by atoms with E-state index in [0.29, 0.717) is 0 Å². The van der Waals surface area contributed by atoms with E-state index in [1.807, 2.05) is 0 Å². The van der Waals surface area contributed by atoms with Crippen LogP contribution in [-0.4, -0.2) is 4.98 Å². The summed E-state index contributed by atoms with van der Waals surface area (Å²) in [4.78, 5) is 4.86. The molecular weight excluding hydrogens is 286 g/mol. The van der Waals surface area contributed by atoms with E-state index < -0.39 is 0 Å². The molecule has 1 aromatic carbocycles. The predicted octanol–water partition coefficient (Wildman–Crippen LogP) is 5.04. The van der Waals surface area contributed by atoms with Crippen LogP contribution < -0.4 is 0 Å². The predicted molar refractivity (Wildman–Crippen MR) is 82.5 cm³/mol. The number of aromatic nitrogens is 1. The maximum Gasteiger partial charge on any atom is 0.0713 e. The minimum Gasteiger partial charge on any atom is -0.252 e. The van der Waals surface area contributed by atoms with Crippen molar-refractivity contribution < 1.29 is 0 Å². The van der Waals surface area contributed by atoms with Gasteiger partial charge in [-0.25, -0.2) is 0 Å². The zero-order valence-electron chi connectivity index (χ0n) is 11.8. The molecule has 96 valence electrons. The van der Waals surface area contributed by atoms with Crippen molar-refractivity contribution in [1.29, 1.82) is 0 Å². The van der Waals surface area contributed by atoms with Gasteiger partial charge in [-0.05, 0) is 42.7 Å². The Hall–Kier alpha value is -0.890. The molecule has 1 heterocycles. The van der Waals surface area contributed by atoms with Crippen molar-refractivity contribution in [2.24, 2.45) is 0 Å². The largest absolute Gasteiger partial charge is 0.252 e. The van der Waals surface area contributed by atoms with Gasteiger partial charge in [0.05, 0.1) is 5.52 Å². The maximum atomic E-state index is 4.86. The Morgan fingerprint density at radius 2 is 1.78 bits per heavy atom. The SMILES string of the molecule is Cc1cc(C)c2c(CBr)cc(C(C)(C)C)nc2c1. The molecule has 0 radical (unpaired) electrons. The van der Waals surface area contributed by atoms with E-state index in [1.54, 1.807) is 0 Å².